The van der Waals surface area contributed by atoms with Crippen LogP contribution in [0.4, 0.5) is 15.3 Å². The summed E-state index contributed by atoms with van der Waals surface area (Å²) >= 11 is 0. The lowest BCUT2D eigenvalue weighted by atomic mass is 10.1. The number of aryl methyl sites for hydroxylation is 1. The molecular weight excluding hydrogens is 350 g/mol. The molecule has 0 aliphatic carbocycles. The van der Waals surface area contributed by atoms with E-state index in [2.05, 4.69) is 26.2 Å². The van der Waals surface area contributed by atoms with Crippen molar-refractivity contribution in [2.24, 2.45) is 0 Å². The zero-order chi connectivity index (χ0) is 19.2. The van der Waals surface area contributed by atoms with Gasteiger partial charge in [-0.05, 0) is 61.4 Å². The number of likely N-dealkylation sites (tertiary alicyclic amines) is 1. The molecule has 27 heavy (non-hydrogen) atoms. The van der Waals surface area contributed by atoms with Crippen molar-refractivity contribution in [3.05, 3.63) is 30.1 Å². The summed E-state index contributed by atoms with van der Waals surface area (Å²) < 4.78 is 6.61. The van der Waals surface area contributed by atoms with Crippen molar-refractivity contribution in [1.29, 1.82) is 0 Å². The highest BCUT2D eigenvalue weighted by Crippen LogP contribution is 2.14. The number of nitrogens with zero attached hydrogens (tertiary/aromatic N) is 5. The Labute approximate surface area is 156 Å². The Hall–Kier alpha value is -3.17. The molecule has 0 atom stereocenters. The number of hydrogen-bond acceptors (Lipinski definition) is 6. The molecule has 1 aromatic carbocycles. The van der Waals surface area contributed by atoms with E-state index in [-0.39, 0.29) is 18.2 Å². The molecule has 1 saturated heterocycles. The van der Waals surface area contributed by atoms with Crippen molar-refractivity contribution in [3.63, 3.8) is 0 Å². The predicted molar refractivity (Wildman–Crippen MR) is 97.7 cm³/mol. The van der Waals surface area contributed by atoms with E-state index in [9.17, 15) is 9.59 Å². The second-order valence-electron chi connectivity index (χ2n) is 6.24. The van der Waals surface area contributed by atoms with E-state index < -0.39 is 0 Å². The number of benzene rings is 1. The molecule has 10 nitrogen and oxygen atoms in total. The van der Waals surface area contributed by atoms with Gasteiger partial charge in [0.15, 0.2) is 5.82 Å². The molecule has 2 heterocycles. The minimum atomic E-state index is -0.293. The molecule has 3 rings (SSSR count). The number of urea groups is 1. The van der Waals surface area contributed by atoms with E-state index >= 15 is 0 Å². The van der Waals surface area contributed by atoms with Crippen LogP contribution in [0.15, 0.2) is 24.3 Å². The molecule has 1 aliphatic heterocycles. The molecule has 0 unspecified atom stereocenters. The SMILES string of the molecule is CCOC(=O)N1CCC(NC(=O)Nc2ccc(-n3nnnc3C)cc2)CC1. The molecule has 0 spiro atoms. The third-order valence-corrected chi connectivity index (χ3v) is 4.35. The Morgan fingerprint density at radius 3 is 2.52 bits per heavy atom. The van der Waals surface area contributed by atoms with Crippen LogP contribution in [0.25, 0.3) is 5.69 Å². The van der Waals surface area contributed by atoms with Crippen LogP contribution >= 0.6 is 0 Å². The number of rotatable bonds is 4. The number of tetrazole rings is 1. The maximum atomic E-state index is 12.2. The first kappa shape index (κ1) is 18.6. The van der Waals surface area contributed by atoms with Crippen molar-refractivity contribution in [3.8, 4) is 5.69 Å². The molecule has 0 bridgehead atoms. The van der Waals surface area contributed by atoms with E-state index in [1.165, 1.54) is 0 Å². The largest absolute Gasteiger partial charge is 0.450 e. The van der Waals surface area contributed by atoms with Crippen LogP contribution in [0, 0.1) is 6.92 Å². The van der Waals surface area contributed by atoms with Gasteiger partial charge in [-0.1, -0.05) is 0 Å². The van der Waals surface area contributed by atoms with Crippen LogP contribution < -0.4 is 10.6 Å². The molecule has 1 aliphatic rings. The van der Waals surface area contributed by atoms with Gasteiger partial charge in [-0.25, -0.2) is 9.59 Å². The quantitative estimate of drug-likeness (QED) is 0.843. The smallest absolute Gasteiger partial charge is 0.409 e. The van der Waals surface area contributed by atoms with Crippen LogP contribution in [0.5, 0.6) is 0 Å². The lowest BCUT2D eigenvalue weighted by Crippen LogP contribution is -2.47. The molecule has 10 heteroatoms. The van der Waals surface area contributed by atoms with E-state index in [1.54, 1.807) is 28.6 Å². The first-order valence-corrected chi connectivity index (χ1v) is 8.91. The molecule has 0 radical (unpaired) electrons. The molecule has 1 aromatic heterocycles. The monoisotopic (exact) mass is 373 g/mol. The zero-order valence-corrected chi connectivity index (χ0v) is 15.4. The summed E-state index contributed by atoms with van der Waals surface area (Å²) in [6, 6.07) is 7.00. The topological polar surface area (TPSA) is 114 Å². The first-order chi connectivity index (χ1) is 13.1. The molecule has 2 N–H and O–H groups in total. The predicted octanol–water partition coefficient (Wildman–Crippen LogP) is 1.71. The number of piperidine rings is 1. The fraction of sp³-hybridized carbons (Fsp3) is 0.471. The molecule has 0 saturated carbocycles. The Bertz CT molecular complexity index is 782. The minimum absolute atomic E-state index is 0.0267. The number of anilines is 1. The molecule has 1 fully saturated rings. The summed E-state index contributed by atoms with van der Waals surface area (Å²) in [5.41, 5.74) is 1.49. The third-order valence-electron chi connectivity index (χ3n) is 4.35. The number of carbonyl (C=O) groups is 2. The maximum Gasteiger partial charge on any atom is 0.409 e. The van der Waals surface area contributed by atoms with Crippen molar-refractivity contribution in [2.75, 3.05) is 25.0 Å². The van der Waals surface area contributed by atoms with Gasteiger partial charge >= 0.3 is 12.1 Å². The number of ether oxygens (including phenoxy) is 1. The van der Waals surface area contributed by atoms with E-state index in [0.29, 0.717) is 44.0 Å². The Morgan fingerprint density at radius 2 is 1.93 bits per heavy atom. The van der Waals surface area contributed by atoms with Crippen LogP contribution in [-0.4, -0.2) is 63.0 Å². The normalized spacial score (nSPS) is 14.7. The lowest BCUT2D eigenvalue weighted by Gasteiger charge is -2.31. The van der Waals surface area contributed by atoms with Crippen molar-refractivity contribution >= 4 is 17.8 Å². The second kappa shape index (κ2) is 8.47. The van der Waals surface area contributed by atoms with E-state index in [1.807, 2.05) is 19.1 Å². The Kier molecular flexibility index (Phi) is 5.84. The number of aromatic nitrogens is 4. The molecule has 3 amide bonds. The van der Waals surface area contributed by atoms with Crippen LogP contribution in [0.3, 0.4) is 0 Å². The van der Waals surface area contributed by atoms with Crippen LogP contribution in [0.2, 0.25) is 0 Å². The van der Waals surface area contributed by atoms with E-state index in [0.717, 1.165) is 5.69 Å². The number of nitrogens with one attached hydrogen (secondary N) is 2. The summed E-state index contributed by atoms with van der Waals surface area (Å²) in [6.07, 6.45) is 1.10. The maximum absolute atomic E-state index is 12.2. The van der Waals surface area contributed by atoms with Gasteiger partial charge in [0.1, 0.15) is 0 Å². The Morgan fingerprint density at radius 1 is 1.22 bits per heavy atom. The summed E-state index contributed by atoms with van der Waals surface area (Å²) in [4.78, 5) is 25.6. The van der Waals surface area contributed by atoms with Gasteiger partial charge in [0.2, 0.25) is 0 Å². The summed E-state index contributed by atoms with van der Waals surface area (Å²) in [6.45, 7) is 5.11. The summed E-state index contributed by atoms with van der Waals surface area (Å²) in [5.74, 6) is 0.683. The molecule has 2 aromatic rings. The van der Waals surface area contributed by atoms with Gasteiger partial charge < -0.3 is 20.3 Å². The van der Waals surface area contributed by atoms with Crippen molar-refractivity contribution in [1.82, 2.24) is 30.4 Å². The number of amides is 3. The van der Waals surface area contributed by atoms with E-state index in [4.69, 9.17) is 4.74 Å². The van der Waals surface area contributed by atoms with Gasteiger partial charge in [0.05, 0.1) is 12.3 Å². The van der Waals surface area contributed by atoms with Crippen LogP contribution in [-0.2, 0) is 4.74 Å². The van der Waals surface area contributed by atoms with Gasteiger partial charge in [-0.3, -0.25) is 0 Å². The van der Waals surface area contributed by atoms with Gasteiger partial charge in [-0.15, -0.1) is 5.10 Å². The average molecular weight is 373 g/mol. The molecule has 144 valence electrons. The van der Waals surface area contributed by atoms with Crippen molar-refractivity contribution in [2.45, 2.75) is 32.7 Å². The number of carbonyl (C=O) groups excluding carboxylic acids is 2. The van der Waals surface area contributed by atoms with Gasteiger partial charge in [0.25, 0.3) is 0 Å². The van der Waals surface area contributed by atoms with Gasteiger partial charge in [0, 0.05) is 24.8 Å². The third kappa shape index (κ3) is 4.72. The highest BCUT2D eigenvalue weighted by Gasteiger charge is 2.24. The van der Waals surface area contributed by atoms with Gasteiger partial charge in [-0.2, -0.15) is 4.68 Å². The summed E-state index contributed by atoms with van der Waals surface area (Å²) in [7, 11) is 0. The molecular formula is C17H23N7O3. The van der Waals surface area contributed by atoms with Crippen LogP contribution in [0.1, 0.15) is 25.6 Å². The lowest BCUT2D eigenvalue weighted by molar-refractivity contribution is 0.0959. The average Bonchev–Trinajstić information content (AvgIpc) is 3.09. The Balaban J connectivity index is 1.47. The summed E-state index contributed by atoms with van der Waals surface area (Å²) in [5, 5.41) is 17.1. The fourth-order valence-electron chi connectivity index (χ4n) is 2.93. The number of hydrogen-bond donors (Lipinski definition) is 2. The highest BCUT2D eigenvalue weighted by molar-refractivity contribution is 5.89. The zero-order valence-electron chi connectivity index (χ0n) is 15.4. The fourth-order valence-corrected chi connectivity index (χ4v) is 2.93. The minimum Gasteiger partial charge on any atom is -0.450 e. The first-order valence-electron chi connectivity index (χ1n) is 8.91. The second-order valence-corrected chi connectivity index (χ2v) is 6.24. The standard InChI is InChI=1S/C17H23N7O3/c1-3-27-17(26)23-10-8-14(9-11-23)19-16(25)18-13-4-6-15(7-5-13)24-12(2)20-21-22-24/h4-7,14H,3,8-11H2,1-2H3,(H2,18,19,25). The van der Waals surface area contributed by atoms with Crippen molar-refractivity contribution < 1.29 is 14.3 Å². The highest BCUT2D eigenvalue weighted by atomic mass is 16.6.